The van der Waals surface area contributed by atoms with Gasteiger partial charge in [0, 0.05) is 30.4 Å². The van der Waals surface area contributed by atoms with Crippen LogP contribution in [0.5, 0.6) is 11.5 Å². The second kappa shape index (κ2) is 16.6. The number of pyridine rings is 1. The van der Waals surface area contributed by atoms with Crippen molar-refractivity contribution in [1.29, 1.82) is 0 Å². The number of fused-ring (bicyclic) bond motifs is 1. The Morgan fingerprint density at radius 2 is 2.07 bits per heavy atom. The standard InChI is InChI=1S/C24H28N2O3.C8H15N3O/c1-4-6-7-8-22(17(3)5-2)29-23-13-14-25-21-11-9-18(15-20(21)23)28-19-10-12-24(27)26-16-19;1-8(2,3)11-5-7(4-9)10-6-12/h5-9,11,13-15,19H,4,10,12,16H2,1-3H3,(H,26,27);4-6H,9H2,1-3H3,(H,10,12)/b7-6+,17-5-,22-8+;7-4+,11-5?. The van der Waals surface area contributed by atoms with Crippen molar-refractivity contribution in [1.82, 2.24) is 15.6 Å². The third kappa shape index (κ3) is 11.7. The van der Waals surface area contributed by atoms with E-state index in [9.17, 15) is 9.59 Å². The highest BCUT2D eigenvalue weighted by atomic mass is 16.5. The van der Waals surface area contributed by atoms with Crippen LogP contribution < -0.4 is 25.8 Å². The number of allylic oxidation sites excluding steroid dienone is 6. The fraction of sp³-hybridized carbons (Fsp3) is 0.375. The van der Waals surface area contributed by atoms with Gasteiger partial charge >= 0.3 is 0 Å². The van der Waals surface area contributed by atoms with Crippen LogP contribution in [0.4, 0.5) is 0 Å². The number of amides is 2. The molecular formula is C32H43N5O4. The van der Waals surface area contributed by atoms with Gasteiger partial charge in [-0.15, -0.1) is 0 Å². The van der Waals surface area contributed by atoms with Crippen LogP contribution in [0.3, 0.4) is 0 Å². The summed E-state index contributed by atoms with van der Waals surface area (Å²) < 4.78 is 12.4. The van der Waals surface area contributed by atoms with E-state index in [1.165, 1.54) is 12.4 Å². The highest BCUT2D eigenvalue weighted by Gasteiger charge is 2.19. The van der Waals surface area contributed by atoms with Crippen molar-refractivity contribution in [2.24, 2.45) is 10.7 Å². The number of hydrogen-bond donors (Lipinski definition) is 3. The average Bonchev–Trinajstić information content (AvgIpc) is 2.95. The second-order valence-corrected chi connectivity index (χ2v) is 10.3. The van der Waals surface area contributed by atoms with E-state index >= 15 is 0 Å². The molecule has 4 N–H and O–H groups in total. The lowest BCUT2D eigenvalue weighted by Gasteiger charge is -2.23. The fourth-order valence-electron chi connectivity index (χ4n) is 3.52. The molecule has 9 heteroatoms. The van der Waals surface area contributed by atoms with Crippen molar-refractivity contribution in [3.63, 3.8) is 0 Å². The molecular weight excluding hydrogens is 518 g/mol. The Morgan fingerprint density at radius 1 is 1.29 bits per heavy atom. The monoisotopic (exact) mass is 561 g/mol. The Morgan fingerprint density at radius 3 is 2.68 bits per heavy atom. The zero-order chi connectivity index (χ0) is 30.3. The third-order valence-corrected chi connectivity index (χ3v) is 5.85. The molecule has 1 aromatic carbocycles. The number of aromatic nitrogens is 1. The number of piperidine rings is 1. The number of nitrogens with two attached hydrogens (primary N) is 1. The first kappa shape index (κ1) is 32.8. The van der Waals surface area contributed by atoms with Gasteiger partial charge in [-0.25, -0.2) is 0 Å². The largest absolute Gasteiger partial charge is 0.489 e. The van der Waals surface area contributed by atoms with E-state index in [-0.39, 0.29) is 17.6 Å². The fourth-order valence-corrected chi connectivity index (χ4v) is 3.52. The zero-order valence-electron chi connectivity index (χ0n) is 24.9. The number of carbonyl (C=O) groups excluding carboxylic acids is 2. The summed E-state index contributed by atoms with van der Waals surface area (Å²) in [6.45, 7) is 12.5. The van der Waals surface area contributed by atoms with Crippen LogP contribution in [0.15, 0.2) is 83.0 Å². The maximum Gasteiger partial charge on any atom is 0.220 e. The van der Waals surface area contributed by atoms with Crippen LogP contribution in [0.25, 0.3) is 10.9 Å². The number of ether oxygens (including phenoxy) is 2. The van der Waals surface area contributed by atoms with Gasteiger partial charge in [0.05, 0.1) is 23.3 Å². The molecule has 2 heterocycles. The molecule has 1 aliphatic rings. The van der Waals surface area contributed by atoms with Gasteiger partial charge in [0.25, 0.3) is 0 Å². The topological polar surface area (TPSA) is 128 Å². The molecule has 0 aliphatic carbocycles. The molecule has 1 aliphatic heterocycles. The van der Waals surface area contributed by atoms with Crippen LogP contribution in [0.1, 0.15) is 60.8 Å². The molecule has 41 heavy (non-hydrogen) atoms. The molecule has 220 valence electrons. The smallest absolute Gasteiger partial charge is 0.220 e. The van der Waals surface area contributed by atoms with Crippen LogP contribution in [-0.4, -0.2) is 41.7 Å². The van der Waals surface area contributed by atoms with Crippen molar-refractivity contribution < 1.29 is 19.1 Å². The Hall–Kier alpha value is -4.40. The summed E-state index contributed by atoms with van der Waals surface area (Å²) in [6.07, 6.45) is 15.4. The van der Waals surface area contributed by atoms with E-state index in [1.807, 2.05) is 77.1 Å². The highest BCUT2D eigenvalue weighted by Crippen LogP contribution is 2.31. The molecule has 2 amide bonds. The molecule has 3 rings (SSSR count). The highest BCUT2D eigenvalue weighted by molar-refractivity contribution is 5.86. The molecule has 9 nitrogen and oxygen atoms in total. The molecule has 1 unspecified atom stereocenters. The van der Waals surface area contributed by atoms with Crippen molar-refractivity contribution >= 4 is 29.4 Å². The number of aliphatic imine (C=N–C) groups is 1. The molecule has 1 aromatic heterocycles. The Balaban J connectivity index is 0.000000415. The van der Waals surface area contributed by atoms with Gasteiger partial charge in [0.1, 0.15) is 23.4 Å². The van der Waals surface area contributed by atoms with E-state index in [0.717, 1.165) is 46.6 Å². The molecule has 1 saturated heterocycles. The van der Waals surface area contributed by atoms with Crippen LogP contribution in [0.2, 0.25) is 0 Å². The molecule has 1 atom stereocenters. The number of nitrogens with zero attached hydrogens (tertiary/aromatic N) is 2. The van der Waals surface area contributed by atoms with Gasteiger partial charge in [0.2, 0.25) is 12.3 Å². The molecule has 0 radical (unpaired) electrons. The second-order valence-electron chi connectivity index (χ2n) is 10.3. The summed E-state index contributed by atoms with van der Waals surface area (Å²) in [7, 11) is 0. The van der Waals surface area contributed by atoms with E-state index in [1.54, 1.807) is 6.20 Å². The first-order valence-corrected chi connectivity index (χ1v) is 13.8. The summed E-state index contributed by atoms with van der Waals surface area (Å²) in [6, 6.07) is 7.67. The van der Waals surface area contributed by atoms with Crippen molar-refractivity contribution in [2.45, 2.75) is 72.4 Å². The Kier molecular flexibility index (Phi) is 13.3. The van der Waals surface area contributed by atoms with E-state index in [2.05, 4.69) is 33.6 Å². The lowest BCUT2D eigenvalue weighted by Crippen LogP contribution is -2.40. The predicted octanol–water partition coefficient (Wildman–Crippen LogP) is 5.49. The van der Waals surface area contributed by atoms with Gasteiger partial charge in [-0.2, -0.15) is 0 Å². The van der Waals surface area contributed by atoms with E-state index in [4.69, 9.17) is 15.2 Å². The minimum Gasteiger partial charge on any atom is -0.489 e. The quantitative estimate of drug-likeness (QED) is 0.152. The number of benzene rings is 1. The van der Waals surface area contributed by atoms with E-state index < -0.39 is 0 Å². The predicted molar refractivity (Wildman–Crippen MR) is 166 cm³/mol. The van der Waals surface area contributed by atoms with Gasteiger partial charge in [-0.1, -0.05) is 25.2 Å². The molecule has 0 bridgehead atoms. The van der Waals surface area contributed by atoms with Crippen molar-refractivity contribution in [3.05, 3.63) is 78.0 Å². The number of nitrogens with one attached hydrogen (secondary N) is 2. The normalized spacial score (nSPS) is 16.8. The maximum atomic E-state index is 11.4. The van der Waals surface area contributed by atoms with Crippen LogP contribution in [0, 0.1) is 0 Å². The maximum absolute atomic E-state index is 11.4. The van der Waals surface area contributed by atoms with Gasteiger partial charge in [-0.05, 0) is 83.4 Å². The summed E-state index contributed by atoms with van der Waals surface area (Å²) >= 11 is 0. The number of hydrogen-bond acceptors (Lipinski definition) is 7. The number of rotatable bonds is 10. The first-order valence-electron chi connectivity index (χ1n) is 13.8. The number of carbonyl (C=O) groups is 2. The summed E-state index contributed by atoms with van der Waals surface area (Å²) in [5.41, 5.74) is 7.46. The summed E-state index contributed by atoms with van der Waals surface area (Å²) in [4.78, 5) is 30.0. The van der Waals surface area contributed by atoms with Crippen LogP contribution in [-0.2, 0) is 9.59 Å². The Labute approximate surface area is 243 Å². The first-order chi connectivity index (χ1) is 19.6. The zero-order valence-corrected chi connectivity index (χ0v) is 24.9. The molecule has 1 fully saturated rings. The molecule has 0 spiro atoms. The lowest BCUT2D eigenvalue weighted by molar-refractivity contribution is -0.123. The SMILES string of the molecule is CC(C)(C)N=C/C(=C\N)NC=O.C\C=C(C)/C(=C\C=C\CC)Oc1ccnc2ccc(OC3CCC(=O)NC3)cc12. The van der Waals surface area contributed by atoms with Gasteiger partial charge in [0.15, 0.2) is 0 Å². The molecule has 2 aromatic rings. The van der Waals surface area contributed by atoms with E-state index in [0.29, 0.717) is 25.1 Å². The van der Waals surface area contributed by atoms with Gasteiger partial charge in [-0.3, -0.25) is 19.6 Å². The minimum atomic E-state index is -0.154. The Bertz CT molecular complexity index is 1310. The van der Waals surface area contributed by atoms with Crippen molar-refractivity contribution in [3.8, 4) is 11.5 Å². The minimum absolute atomic E-state index is 0.0221. The summed E-state index contributed by atoms with van der Waals surface area (Å²) in [5, 5.41) is 6.15. The van der Waals surface area contributed by atoms with Crippen molar-refractivity contribution in [2.75, 3.05) is 6.54 Å². The van der Waals surface area contributed by atoms with Gasteiger partial charge < -0.3 is 25.8 Å². The average molecular weight is 562 g/mol. The molecule has 0 saturated carbocycles. The lowest BCUT2D eigenvalue weighted by atomic mass is 10.1. The third-order valence-electron chi connectivity index (χ3n) is 5.85. The summed E-state index contributed by atoms with van der Waals surface area (Å²) in [5.74, 6) is 2.36. The van der Waals surface area contributed by atoms with Crippen LogP contribution >= 0.6 is 0 Å².